The van der Waals surface area contributed by atoms with Gasteiger partial charge in [0.1, 0.15) is 19.8 Å². The summed E-state index contributed by atoms with van der Waals surface area (Å²) in [7, 11) is 1.47. The van der Waals surface area contributed by atoms with E-state index in [2.05, 4.69) is 98.9 Å². The molecule has 0 aliphatic rings. The second kappa shape index (κ2) is 51.1. The van der Waals surface area contributed by atoms with Gasteiger partial charge in [-0.25, -0.2) is 4.57 Å². The smallest absolute Gasteiger partial charge is 0.462 e. The molecule has 9 nitrogen and oxygen atoms in total. The first-order valence-corrected chi connectivity index (χ1v) is 29.8. The summed E-state index contributed by atoms with van der Waals surface area (Å²) in [5, 5.41) is 0. The molecule has 0 fully saturated rings. The van der Waals surface area contributed by atoms with Crippen LogP contribution in [0.3, 0.4) is 0 Å². The van der Waals surface area contributed by atoms with Gasteiger partial charge < -0.3 is 18.9 Å². The molecule has 0 rings (SSSR count). The summed E-state index contributed by atoms with van der Waals surface area (Å²) < 4.78 is 34.5. The highest BCUT2D eigenvalue weighted by atomic mass is 31.2. The Morgan fingerprint density at radius 1 is 0.457 bits per heavy atom. The molecule has 0 aromatic rings. The van der Waals surface area contributed by atoms with Crippen molar-refractivity contribution in [3.8, 4) is 0 Å². The first-order valence-electron chi connectivity index (χ1n) is 28.3. The van der Waals surface area contributed by atoms with Crippen LogP contribution in [0.25, 0.3) is 0 Å². The minimum absolute atomic E-state index is 0.0294. The Morgan fingerprint density at radius 2 is 0.814 bits per heavy atom. The third-order valence-corrected chi connectivity index (χ3v) is 12.9. The summed E-state index contributed by atoms with van der Waals surface area (Å²) in [6, 6.07) is 0. The van der Waals surface area contributed by atoms with E-state index in [0.29, 0.717) is 17.4 Å². The van der Waals surface area contributed by atoms with Crippen LogP contribution in [-0.2, 0) is 32.7 Å². The van der Waals surface area contributed by atoms with Crippen molar-refractivity contribution in [3.63, 3.8) is 0 Å². The summed E-state index contributed by atoms with van der Waals surface area (Å²) in [6.45, 7) is 4.32. The lowest BCUT2D eigenvalue weighted by atomic mass is 10.0. The summed E-state index contributed by atoms with van der Waals surface area (Å²) in [5.41, 5.74) is 0. The van der Waals surface area contributed by atoms with E-state index >= 15 is 0 Å². The van der Waals surface area contributed by atoms with Gasteiger partial charge in [-0.05, 0) is 70.6 Å². The standard InChI is InChI=1S/C60H106NO8P/c1-6-8-10-12-14-16-18-20-21-22-23-24-25-26-27-28-29-30-31-32-33-34-35-36-37-38-39-41-43-45-47-49-51-53-60(63)69-58(57-68-70(64,65)67-55-54-61(3,4)5)56-66-59(62)52-50-48-46-44-42-40-19-17-15-13-11-9-7-2/h8,10,14,16,20-21,23-24,26-27,29-30,32-33,58H,6-7,9,11-13,15,17-19,22,25,28,31,34-57H2,1-5H3/p+1/b10-8-,16-14-,21-20-,24-23-,27-26-,30-29-,33-32-. The van der Waals surface area contributed by atoms with Crippen LogP contribution >= 0.6 is 7.82 Å². The second-order valence-corrected chi connectivity index (χ2v) is 21.4. The maximum atomic E-state index is 12.8. The SMILES string of the molecule is CC/C=C\C/C=C\C/C=C\C/C=C\C/C=C\C/C=C\C/C=C\CCCCCCCCCCCCCC(=O)OC(COC(=O)CCCCCCCCCCCCCCC)COP(=O)(O)OCC[N+](C)(C)C. The topological polar surface area (TPSA) is 108 Å². The fourth-order valence-electron chi connectivity index (χ4n) is 7.58. The lowest BCUT2D eigenvalue weighted by Crippen LogP contribution is -2.37. The van der Waals surface area contributed by atoms with E-state index in [-0.39, 0.29) is 32.0 Å². The number of carbonyl (C=O) groups excluding carboxylic acids is 2. The van der Waals surface area contributed by atoms with E-state index in [0.717, 1.165) is 89.9 Å². The Bertz CT molecular complexity index is 1460. The quantitative estimate of drug-likeness (QED) is 0.0211. The van der Waals surface area contributed by atoms with Crippen LogP contribution in [0, 0.1) is 0 Å². The van der Waals surface area contributed by atoms with Crippen molar-refractivity contribution in [2.75, 3.05) is 47.5 Å². The van der Waals surface area contributed by atoms with Crippen molar-refractivity contribution in [3.05, 3.63) is 85.1 Å². The number of allylic oxidation sites excluding steroid dienone is 14. The van der Waals surface area contributed by atoms with Crippen molar-refractivity contribution in [2.24, 2.45) is 0 Å². The molecule has 0 spiro atoms. The van der Waals surface area contributed by atoms with Crippen molar-refractivity contribution in [1.29, 1.82) is 0 Å². The summed E-state index contributed by atoms with van der Waals surface area (Å²) in [5.74, 6) is -0.799. The third kappa shape index (κ3) is 54.5. The molecule has 0 heterocycles. The van der Waals surface area contributed by atoms with Gasteiger partial charge in [0.25, 0.3) is 0 Å². The molecule has 0 aromatic carbocycles. The van der Waals surface area contributed by atoms with E-state index in [1.165, 1.54) is 109 Å². The molecule has 10 heteroatoms. The van der Waals surface area contributed by atoms with E-state index in [1.54, 1.807) is 0 Å². The lowest BCUT2D eigenvalue weighted by Gasteiger charge is -2.24. The van der Waals surface area contributed by atoms with Gasteiger partial charge in [0.2, 0.25) is 0 Å². The number of rotatable bonds is 51. The van der Waals surface area contributed by atoms with Gasteiger partial charge in [0.05, 0.1) is 27.7 Å². The number of hydrogen-bond acceptors (Lipinski definition) is 7. The zero-order chi connectivity index (χ0) is 51.3. The first-order chi connectivity index (χ1) is 34.0. The molecular formula is C60H107NO8P+. The molecule has 1 N–H and O–H groups in total. The molecule has 0 amide bonds. The van der Waals surface area contributed by atoms with Crippen molar-refractivity contribution in [2.45, 2.75) is 238 Å². The molecule has 0 aromatic heterocycles. The third-order valence-electron chi connectivity index (χ3n) is 11.9. The number of esters is 2. The number of unbranched alkanes of at least 4 members (excludes halogenated alkanes) is 23. The van der Waals surface area contributed by atoms with E-state index < -0.39 is 26.5 Å². The molecule has 0 aliphatic carbocycles. The molecular weight excluding hydrogens is 894 g/mol. The predicted molar refractivity (Wildman–Crippen MR) is 298 cm³/mol. The monoisotopic (exact) mass is 1000 g/mol. The molecule has 70 heavy (non-hydrogen) atoms. The molecule has 0 saturated carbocycles. The van der Waals surface area contributed by atoms with Crippen LogP contribution in [0.1, 0.15) is 232 Å². The Labute approximate surface area is 431 Å². The van der Waals surface area contributed by atoms with E-state index in [4.69, 9.17) is 18.5 Å². The van der Waals surface area contributed by atoms with E-state index in [9.17, 15) is 19.0 Å². The van der Waals surface area contributed by atoms with Crippen LogP contribution in [0.2, 0.25) is 0 Å². The Morgan fingerprint density at radius 3 is 1.21 bits per heavy atom. The number of ether oxygens (including phenoxy) is 2. The number of carbonyl (C=O) groups is 2. The Hall–Kier alpha value is -2.81. The minimum atomic E-state index is -4.38. The van der Waals surface area contributed by atoms with Gasteiger partial charge in [0.15, 0.2) is 6.10 Å². The molecule has 0 radical (unpaired) electrons. The van der Waals surface area contributed by atoms with Gasteiger partial charge in [-0.1, -0.05) is 234 Å². The van der Waals surface area contributed by atoms with Crippen LogP contribution < -0.4 is 0 Å². The molecule has 2 unspecified atom stereocenters. The fourth-order valence-corrected chi connectivity index (χ4v) is 8.33. The maximum Gasteiger partial charge on any atom is 0.472 e. The number of nitrogens with zero attached hydrogens (tertiary/aromatic N) is 1. The second-order valence-electron chi connectivity index (χ2n) is 19.9. The van der Waals surface area contributed by atoms with Gasteiger partial charge >= 0.3 is 19.8 Å². The average molecular weight is 1000 g/mol. The number of phosphoric acid groups is 1. The highest BCUT2D eigenvalue weighted by Gasteiger charge is 2.27. The Kier molecular flexibility index (Phi) is 49.1. The fraction of sp³-hybridized carbons (Fsp3) is 0.733. The molecule has 404 valence electrons. The summed E-state index contributed by atoms with van der Waals surface area (Å²) in [6.07, 6.45) is 67.9. The predicted octanol–water partition coefficient (Wildman–Crippen LogP) is 17.5. The van der Waals surface area contributed by atoms with Crippen LogP contribution in [0.5, 0.6) is 0 Å². The lowest BCUT2D eigenvalue weighted by molar-refractivity contribution is -0.870. The normalized spacial score (nSPS) is 14.0. The zero-order valence-corrected chi connectivity index (χ0v) is 46.6. The van der Waals surface area contributed by atoms with Gasteiger partial charge in [0, 0.05) is 12.8 Å². The molecule has 0 saturated heterocycles. The minimum Gasteiger partial charge on any atom is -0.462 e. The van der Waals surface area contributed by atoms with Crippen molar-refractivity contribution >= 4 is 19.8 Å². The van der Waals surface area contributed by atoms with Crippen molar-refractivity contribution in [1.82, 2.24) is 0 Å². The van der Waals surface area contributed by atoms with Gasteiger partial charge in [-0.3, -0.25) is 18.6 Å². The maximum absolute atomic E-state index is 12.8. The number of hydrogen-bond donors (Lipinski definition) is 1. The highest BCUT2D eigenvalue weighted by Crippen LogP contribution is 2.43. The Balaban J connectivity index is 4.11. The first kappa shape index (κ1) is 67.2. The van der Waals surface area contributed by atoms with Gasteiger partial charge in [-0.15, -0.1) is 0 Å². The average Bonchev–Trinajstić information content (AvgIpc) is 3.32. The van der Waals surface area contributed by atoms with Crippen LogP contribution in [-0.4, -0.2) is 74.9 Å². The molecule has 0 bridgehead atoms. The molecule has 2 atom stereocenters. The molecule has 0 aliphatic heterocycles. The van der Waals surface area contributed by atoms with Crippen LogP contribution in [0.4, 0.5) is 0 Å². The highest BCUT2D eigenvalue weighted by molar-refractivity contribution is 7.47. The number of quaternary nitrogens is 1. The van der Waals surface area contributed by atoms with Crippen molar-refractivity contribution < 1.29 is 42.1 Å². The van der Waals surface area contributed by atoms with E-state index in [1.807, 2.05) is 21.1 Å². The van der Waals surface area contributed by atoms with Crippen LogP contribution in [0.15, 0.2) is 85.1 Å². The summed E-state index contributed by atoms with van der Waals surface area (Å²) >= 11 is 0. The van der Waals surface area contributed by atoms with Gasteiger partial charge in [-0.2, -0.15) is 0 Å². The summed E-state index contributed by atoms with van der Waals surface area (Å²) in [4.78, 5) is 35.6. The zero-order valence-electron chi connectivity index (χ0n) is 45.7. The number of likely N-dealkylation sites (N-methyl/N-ethyl adjacent to an activating group) is 1. The number of phosphoric ester groups is 1. The largest absolute Gasteiger partial charge is 0.472 e.